The van der Waals surface area contributed by atoms with Crippen molar-refractivity contribution in [2.75, 3.05) is 5.73 Å². The van der Waals surface area contributed by atoms with Crippen molar-refractivity contribution in [2.45, 2.75) is 33.2 Å². The number of nitrogens with one attached hydrogen (secondary N) is 2. The van der Waals surface area contributed by atoms with E-state index in [1.54, 1.807) is 11.3 Å². The number of nitrogens with zero attached hydrogens (tertiary/aromatic N) is 1. The van der Waals surface area contributed by atoms with E-state index in [4.69, 9.17) is 5.73 Å². The largest absolute Gasteiger partial charge is 0.395 e. The molecule has 0 aromatic carbocycles. The van der Waals surface area contributed by atoms with Crippen LogP contribution in [-0.2, 0) is 6.54 Å². The first-order valence-electron chi connectivity index (χ1n) is 6.16. The van der Waals surface area contributed by atoms with Gasteiger partial charge in [0.05, 0.1) is 17.9 Å². The van der Waals surface area contributed by atoms with Gasteiger partial charge in [0.2, 0.25) is 0 Å². The molecule has 0 bridgehead atoms. The van der Waals surface area contributed by atoms with Gasteiger partial charge in [0.25, 0.3) is 5.91 Å². The van der Waals surface area contributed by atoms with Gasteiger partial charge in [0.15, 0.2) is 5.69 Å². The minimum atomic E-state index is -0.244. The summed E-state index contributed by atoms with van der Waals surface area (Å²) < 4.78 is 0. The number of aromatic nitrogens is 2. The van der Waals surface area contributed by atoms with Gasteiger partial charge in [-0.25, -0.2) is 0 Å². The maximum Gasteiger partial charge on any atom is 0.274 e. The SMILES string of the molecule is Cc1ccc(CNC(=O)c2n[nH]c(C(C)C)c2N)s1. The third-order valence-corrected chi connectivity index (χ3v) is 3.85. The van der Waals surface area contributed by atoms with Crippen molar-refractivity contribution in [3.63, 3.8) is 0 Å². The summed E-state index contributed by atoms with van der Waals surface area (Å²) in [5.74, 6) is -0.0271. The predicted octanol–water partition coefficient (Wildman–Crippen LogP) is 2.42. The number of carbonyl (C=O) groups excluding carboxylic acids is 1. The lowest BCUT2D eigenvalue weighted by molar-refractivity contribution is 0.0947. The minimum Gasteiger partial charge on any atom is -0.395 e. The molecule has 5 nitrogen and oxygen atoms in total. The number of hydrogen-bond acceptors (Lipinski definition) is 4. The monoisotopic (exact) mass is 278 g/mol. The molecular weight excluding hydrogens is 260 g/mol. The van der Waals surface area contributed by atoms with Crippen LogP contribution in [0.3, 0.4) is 0 Å². The summed E-state index contributed by atoms with van der Waals surface area (Å²) in [7, 11) is 0. The van der Waals surface area contributed by atoms with Crippen molar-refractivity contribution in [2.24, 2.45) is 0 Å². The second-order valence-corrected chi connectivity index (χ2v) is 6.12. The third-order valence-electron chi connectivity index (χ3n) is 2.85. The number of rotatable bonds is 4. The van der Waals surface area contributed by atoms with Crippen molar-refractivity contribution in [1.29, 1.82) is 0 Å². The highest BCUT2D eigenvalue weighted by molar-refractivity contribution is 7.11. The van der Waals surface area contributed by atoms with Crippen LogP contribution in [0.5, 0.6) is 0 Å². The fourth-order valence-corrected chi connectivity index (χ4v) is 2.64. The molecule has 1 amide bonds. The Labute approximate surface area is 116 Å². The number of amides is 1. The fourth-order valence-electron chi connectivity index (χ4n) is 1.81. The molecule has 2 aromatic rings. The Balaban J connectivity index is 2.04. The summed E-state index contributed by atoms with van der Waals surface area (Å²) in [4.78, 5) is 14.4. The van der Waals surface area contributed by atoms with Crippen molar-refractivity contribution < 1.29 is 4.79 Å². The second-order valence-electron chi connectivity index (χ2n) is 4.75. The number of anilines is 1. The number of carbonyl (C=O) groups is 1. The predicted molar refractivity (Wildman–Crippen MR) is 77.3 cm³/mol. The lowest BCUT2D eigenvalue weighted by Gasteiger charge is -2.04. The summed E-state index contributed by atoms with van der Waals surface area (Å²) >= 11 is 1.67. The first-order valence-corrected chi connectivity index (χ1v) is 6.98. The summed E-state index contributed by atoms with van der Waals surface area (Å²) in [5.41, 5.74) is 7.44. The van der Waals surface area contributed by atoms with Crippen LogP contribution in [0.4, 0.5) is 5.69 Å². The molecule has 0 atom stereocenters. The minimum absolute atomic E-state index is 0.217. The highest BCUT2D eigenvalue weighted by Crippen LogP contribution is 2.22. The van der Waals surface area contributed by atoms with Gasteiger partial charge in [0.1, 0.15) is 0 Å². The highest BCUT2D eigenvalue weighted by atomic mass is 32.1. The summed E-state index contributed by atoms with van der Waals surface area (Å²) in [6, 6.07) is 4.04. The highest BCUT2D eigenvalue weighted by Gasteiger charge is 2.18. The molecule has 6 heteroatoms. The first kappa shape index (κ1) is 13.6. The number of aryl methyl sites for hydroxylation is 1. The molecule has 0 saturated carbocycles. The van der Waals surface area contributed by atoms with E-state index in [9.17, 15) is 4.79 Å². The standard InChI is InChI=1S/C13H18N4OS/c1-7(2)11-10(14)12(17-16-11)13(18)15-6-9-5-4-8(3)19-9/h4-5,7H,6,14H2,1-3H3,(H,15,18)(H,16,17). The number of thiophene rings is 1. The van der Waals surface area contributed by atoms with Crippen LogP contribution in [-0.4, -0.2) is 16.1 Å². The maximum absolute atomic E-state index is 12.0. The number of H-pyrrole nitrogens is 1. The smallest absolute Gasteiger partial charge is 0.274 e. The zero-order valence-corrected chi connectivity index (χ0v) is 12.1. The molecule has 2 aromatic heterocycles. The van der Waals surface area contributed by atoms with E-state index in [0.717, 1.165) is 10.6 Å². The topological polar surface area (TPSA) is 83.8 Å². The Morgan fingerprint density at radius 3 is 2.79 bits per heavy atom. The Kier molecular flexibility index (Phi) is 3.90. The van der Waals surface area contributed by atoms with Gasteiger partial charge < -0.3 is 11.1 Å². The van der Waals surface area contributed by atoms with E-state index < -0.39 is 0 Å². The number of nitrogens with two attached hydrogens (primary N) is 1. The molecule has 2 heterocycles. The van der Waals surface area contributed by atoms with Gasteiger partial charge in [-0.1, -0.05) is 13.8 Å². The van der Waals surface area contributed by atoms with Gasteiger partial charge >= 0.3 is 0 Å². The van der Waals surface area contributed by atoms with E-state index in [2.05, 4.69) is 15.5 Å². The fraction of sp³-hybridized carbons (Fsp3) is 0.385. The summed E-state index contributed by atoms with van der Waals surface area (Å²) in [6.45, 7) is 6.54. The average Bonchev–Trinajstić information content (AvgIpc) is 2.92. The van der Waals surface area contributed by atoms with Crippen LogP contribution >= 0.6 is 11.3 Å². The molecule has 102 valence electrons. The van der Waals surface area contributed by atoms with Gasteiger partial charge in [-0.2, -0.15) is 5.10 Å². The lowest BCUT2D eigenvalue weighted by Crippen LogP contribution is -2.23. The zero-order chi connectivity index (χ0) is 14.0. The molecule has 19 heavy (non-hydrogen) atoms. The van der Waals surface area contributed by atoms with Crippen LogP contribution in [0, 0.1) is 6.92 Å². The van der Waals surface area contributed by atoms with Gasteiger partial charge in [-0.3, -0.25) is 9.89 Å². The van der Waals surface area contributed by atoms with Crippen LogP contribution in [0.25, 0.3) is 0 Å². The Morgan fingerprint density at radius 1 is 1.53 bits per heavy atom. The van der Waals surface area contributed by atoms with Crippen LogP contribution in [0.2, 0.25) is 0 Å². The van der Waals surface area contributed by atoms with Crippen LogP contribution in [0.15, 0.2) is 12.1 Å². The molecule has 0 spiro atoms. The molecular formula is C13H18N4OS. The molecule has 0 aliphatic heterocycles. The number of hydrogen-bond donors (Lipinski definition) is 3. The van der Waals surface area contributed by atoms with Crippen LogP contribution in [0.1, 0.15) is 45.7 Å². The maximum atomic E-state index is 12.0. The number of aromatic amines is 1. The molecule has 0 unspecified atom stereocenters. The summed E-state index contributed by atoms with van der Waals surface area (Å²) in [6.07, 6.45) is 0. The molecule has 0 aliphatic rings. The number of nitrogen functional groups attached to an aromatic ring is 1. The zero-order valence-electron chi connectivity index (χ0n) is 11.3. The Hall–Kier alpha value is -1.82. The normalized spacial score (nSPS) is 10.9. The molecule has 4 N–H and O–H groups in total. The third kappa shape index (κ3) is 2.96. The van der Waals surface area contributed by atoms with E-state index in [-0.39, 0.29) is 17.5 Å². The van der Waals surface area contributed by atoms with Crippen molar-refractivity contribution in [3.8, 4) is 0 Å². The molecule has 0 aliphatic carbocycles. The van der Waals surface area contributed by atoms with E-state index >= 15 is 0 Å². The average molecular weight is 278 g/mol. The van der Waals surface area contributed by atoms with Gasteiger partial charge in [0, 0.05) is 9.75 Å². The van der Waals surface area contributed by atoms with Crippen molar-refractivity contribution in [3.05, 3.63) is 33.3 Å². The molecule has 2 rings (SSSR count). The Morgan fingerprint density at radius 2 is 2.26 bits per heavy atom. The van der Waals surface area contributed by atoms with Crippen molar-refractivity contribution >= 4 is 22.9 Å². The van der Waals surface area contributed by atoms with Crippen LogP contribution < -0.4 is 11.1 Å². The van der Waals surface area contributed by atoms with Gasteiger partial charge in [-0.15, -0.1) is 11.3 Å². The van der Waals surface area contributed by atoms with E-state index in [0.29, 0.717) is 12.2 Å². The van der Waals surface area contributed by atoms with E-state index in [1.807, 2.05) is 32.9 Å². The Bertz CT molecular complexity index is 585. The molecule has 0 fully saturated rings. The lowest BCUT2D eigenvalue weighted by atomic mass is 10.1. The second kappa shape index (κ2) is 5.44. The first-order chi connectivity index (χ1) is 8.99. The van der Waals surface area contributed by atoms with Gasteiger partial charge in [-0.05, 0) is 25.0 Å². The molecule has 0 radical (unpaired) electrons. The van der Waals surface area contributed by atoms with E-state index in [1.165, 1.54) is 4.88 Å². The molecule has 0 saturated heterocycles. The van der Waals surface area contributed by atoms with Crippen molar-refractivity contribution in [1.82, 2.24) is 15.5 Å². The quantitative estimate of drug-likeness (QED) is 0.803. The summed E-state index contributed by atoms with van der Waals surface area (Å²) in [5, 5.41) is 9.65.